The van der Waals surface area contributed by atoms with Crippen molar-refractivity contribution >= 4 is 21.7 Å². The van der Waals surface area contributed by atoms with Gasteiger partial charge in [0, 0.05) is 23.3 Å². The first-order valence-electron chi connectivity index (χ1n) is 5.04. The molecule has 2 unspecified atom stereocenters. The molecule has 0 bridgehead atoms. The van der Waals surface area contributed by atoms with Crippen LogP contribution in [0.4, 0.5) is 5.82 Å². The molecule has 3 nitrogen and oxygen atoms in total. The van der Waals surface area contributed by atoms with Gasteiger partial charge in [-0.2, -0.15) is 0 Å². The van der Waals surface area contributed by atoms with Gasteiger partial charge in [-0.3, -0.25) is 0 Å². The summed E-state index contributed by atoms with van der Waals surface area (Å²) in [6.45, 7) is 6.25. The summed E-state index contributed by atoms with van der Waals surface area (Å²) in [6, 6.07) is 2.23. The fourth-order valence-electron chi connectivity index (χ4n) is 1.21. The number of pyridine rings is 1. The van der Waals surface area contributed by atoms with Crippen LogP contribution in [-0.4, -0.2) is 22.7 Å². The van der Waals surface area contributed by atoms with Crippen molar-refractivity contribution in [3.8, 4) is 0 Å². The van der Waals surface area contributed by atoms with Crippen LogP contribution in [0.25, 0.3) is 0 Å². The highest BCUT2D eigenvalue weighted by Crippen LogP contribution is 2.18. The first-order valence-corrected chi connectivity index (χ1v) is 5.83. The highest BCUT2D eigenvalue weighted by molar-refractivity contribution is 9.10. The number of aromatic nitrogens is 1. The lowest BCUT2D eigenvalue weighted by molar-refractivity contribution is 0.226. The number of nitrogens with zero attached hydrogens (tertiary/aromatic N) is 1. The Kier molecular flexibility index (Phi) is 4.54. The van der Waals surface area contributed by atoms with Gasteiger partial charge in [0.1, 0.15) is 5.82 Å². The van der Waals surface area contributed by atoms with Crippen molar-refractivity contribution in [1.29, 1.82) is 0 Å². The topological polar surface area (TPSA) is 45.2 Å². The van der Waals surface area contributed by atoms with E-state index in [1.165, 1.54) is 0 Å². The predicted octanol–water partition coefficient (Wildman–Crippen LogP) is 2.58. The Balaban J connectivity index is 2.72. The highest BCUT2D eigenvalue weighted by Gasteiger charge is 2.12. The molecule has 0 radical (unpaired) electrons. The molecule has 1 heterocycles. The van der Waals surface area contributed by atoms with Gasteiger partial charge in [0.2, 0.25) is 0 Å². The molecule has 84 valence electrons. The number of aliphatic hydroxyl groups excluding tert-OH is 1. The smallest absolute Gasteiger partial charge is 0.129 e. The third kappa shape index (κ3) is 3.47. The van der Waals surface area contributed by atoms with Crippen LogP contribution in [0.2, 0.25) is 0 Å². The van der Waals surface area contributed by atoms with E-state index in [0.717, 1.165) is 15.9 Å². The average molecular weight is 273 g/mol. The maximum Gasteiger partial charge on any atom is 0.129 e. The van der Waals surface area contributed by atoms with Crippen LogP contribution in [0, 0.1) is 12.8 Å². The second kappa shape index (κ2) is 5.47. The molecule has 2 N–H and O–H groups in total. The van der Waals surface area contributed by atoms with Crippen LogP contribution in [0.1, 0.15) is 19.4 Å². The van der Waals surface area contributed by atoms with E-state index in [9.17, 15) is 0 Å². The molecule has 0 fully saturated rings. The summed E-state index contributed by atoms with van der Waals surface area (Å²) < 4.78 is 0.980. The van der Waals surface area contributed by atoms with Gasteiger partial charge in [0.25, 0.3) is 0 Å². The van der Waals surface area contributed by atoms with Crippen LogP contribution < -0.4 is 5.32 Å². The van der Waals surface area contributed by atoms with Gasteiger partial charge in [0.05, 0.1) is 0 Å². The number of anilines is 1. The van der Waals surface area contributed by atoms with Gasteiger partial charge in [-0.1, -0.05) is 6.92 Å². The Bertz CT molecular complexity index is 330. The fourth-order valence-corrected chi connectivity index (χ4v) is 1.65. The van der Waals surface area contributed by atoms with Gasteiger partial charge in [-0.05, 0) is 47.3 Å². The second-order valence-corrected chi connectivity index (χ2v) is 4.83. The van der Waals surface area contributed by atoms with Crippen molar-refractivity contribution in [2.45, 2.75) is 26.8 Å². The van der Waals surface area contributed by atoms with Crippen molar-refractivity contribution in [3.05, 3.63) is 22.3 Å². The molecule has 0 aliphatic rings. The second-order valence-electron chi connectivity index (χ2n) is 3.91. The molecular formula is C11H17BrN2O. The molecule has 1 aromatic rings. The minimum atomic E-state index is 0.184. The Hall–Kier alpha value is -0.610. The molecule has 0 aliphatic heterocycles. The number of rotatable bonds is 4. The van der Waals surface area contributed by atoms with E-state index in [4.69, 9.17) is 5.11 Å². The molecular weight excluding hydrogens is 256 g/mol. The van der Waals surface area contributed by atoms with Crippen molar-refractivity contribution in [2.75, 3.05) is 11.9 Å². The highest BCUT2D eigenvalue weighted by atomic mass is 79.9. The monoisotopic (exact) mass is 272 g/mol. The third-order valence-electron chi connectivity index (χ3n) is 2.55. The summed E-state index contributed by atoms with van der Waals surface area (Å²) in [5.41, 5.74) is 1.10. The number of aryl methyl sites for hydroxylation is 1. The SMILES string of the molecule is Cc1cc(Br)cnc1NC(C)C(C)CO. The van der Waals surface area contributed by atoms with Crippen molar-refractivity contribution < 1.29 is 5.11 Å². The summed E-state index contributed by atoms with van der Waals surface area (Å²) in [5, 5.41) is 12.3. The largest absolute Gasteiger partial charge is 0.396 e. The zero-order valence-corrected chi connectivity index (χ0v) is 10.9. The van der Waals surface area contributed by atoms with E-state index in [0.29, 0.717) is 0 Å². The van der Waals surface area contributed by atoms with Crippen molar-refractivity contribution in [3.63, 3.8) is 0 Å². The van der Waals surface area contributed by atoms with E-state index >= 15 is 0 Å². The van der Waals surface area contributed by atoms with Gasteiger partial charge >= 0.3 is 0 Å². The van der Waals surface area contributed by atoms with Gasteiger partial charge in [-0.15, -0.1) is 0 Å². The Morgan fingerprint density at radius 1 is 1.53 bits per heavy atom. The summed E-state index contributed by atoms with van der Waals surface area (Å²) in [5.74, 6) is 1.10. The van der Waals surface area contributed by atoms with E-state index in [1.807, 2.05) is 26.8 Å². The first kappa shape index (κ1) is 12.5. The summed E-state index contributed by atoms with van der Waals surface area (Å²) in [6.07, 6.45) is 1.77. The van der Waals surface area contributed by atoms with Gasteiger partial charge in [0.15, 0.2) is 0 Å². The van der Waals surface area contributed by atoms with Gasteiger partial charge < -0.3 is 10.4 Å². The third-order valence-corrected chi connectivity index (χ3v) is 2.98. The normalized spacial score (nSPS) is 14.7. The first-order chi connectivity index (χ1) is 7.04. The molecule has 0 saturated heterocycles. The fraction of sp³-hybridized carbons (Fsp3) is 0.545. The number of hydrogen-bond acceptors (Lipinski definition) is 3. The Labute approximate surface area is 99.1 Å². The van der Waals surface area contributed by atoms with Crippen LogP contribution in [0.3, 0.4) is 0 Å². The Morgan fingerprint density at radius 3 is 2.73 bits per heavy atom. The van der Waals surface area contributed by atoms with E-state index in [2.05, 4.69) is 26.2 Å². The molecule has 0 aromatic carbocycles. The van der Waals surface area contributed by atoms with Crippen LogP contribution in [0.5, 0.6) is 0 Å². The Morgan fingerprint density at radius 2 is 2.20 bits per heavy atom. The average Bonchev–Trinajstić information content (AvgIpc) is 2.20. The molecule has 2 atom stereocenters. The molecule has 0 saturated carbocycles. The van der Waals surface area contributed by atoms with Gasteiger partial charge in [-0.25, -0.2) is 4.98 Å². The molecule has 0 spiro atoms. The summed E-state index contributed by atoms with van der Waals surface area (Å²) in [4.78, 5) is 4.29. The molecule has 4 heteroatoms. The van der Waals surface area contributed by atoms with E-state index in [-0.39, 0.29) is 18.6 Å². The minimum Gasteiger partial charge on any atom is -0.396 e. The van der Waals surface area contributed by atoms with Crippen LogP contribution >= 0.6 is 15.9 Å². The lowest BCUT2D eigenvalue weighted by atomic mass is 10.1. The summed E-state index contributed by atoms with van der Waals surface area (Å²) in [7, 11) is 0. The lowest BCUT2D eigenvalue weighted by Crippen LogP contribution is -2.27. The predicted molar refractivity (Wildman–Crippen MR) is 66.0 cm³/mol. The minimum absolute atomic E-state index is 0.184. The number of aliphatic hydroxyl groups is 1. The number of halogens is 1. The maximum atomic E-state index is 9.03. The molecule has 0 aliphatic carbocycles. The summed E-state index contributed by atoms with van der Waals surface area (Å²) >= 11 is 3.37. The molecule has 1 aromatic heterocycles. The molecule has 15 heavy (non-hydrogen) atoms. The van der Waals surface area contributed by atoms with E-state index < -0.39 is 0 Å². The zero-order valence-electron chi connectivity index (χ0n) is 9.29. The standard InChI is InChI=1S/C11H17BrN2O/c1-7-4-10(12)5-13-11(7)14-9(3)8(2)6-15/h4-5,8-9,15H,6H2,1-3H3,(H,13,14). The molecule has 1 rings (SSSR count). The maximum absolute atomic E-state index is 9.03. The van der Waals surface area contributed by atoms with Crippen LogP contribution in [0.15, 0.2) is 16.7 Å². The van der Waals surface area contributed by atoms with Crippen molar-refractivity contribution in [1.82, 2.24) is 4.98 Å². The molecule has 0 amide bonds. The zero-order chi connectivity index (χ0) is 11.4. The van der Waals surface area contributed by atoms with E-state index in [1.54, 1.807) is 6.20 Å². The quantitative estimate of drug-likeness (QED) is 0.886. The number of hydrogen-bond donors (Lipinski definition) is 2. The van der Waals surface area contributed by atoms with Crippen molar-refractivity contribution in [2.24, 2.45) is 5.92 Å². The number of nitrogens with one attached hydrogen (secondary N) is 1. The van der Waals surface area contributed by atoms with Crippen LogP contribution in [-0.2, 0) is 0 Å². The lowest BCUT2D eigenvalue weighted by Gasteiger charge is -2.20.